The number of amides is 1. The van der Waals surface area contributed by atoms with Gasteiger partial charge in [0.2, 0.25) is 0 Å². The van der Waals surface area contributed by atoms with Gasteiger partial charge in [0, 0.05) is 55.0 Å². The third-order valence-electron chi connectivity index (χ3n) is 10.1. The average molecular weight is 643 g/mol. The summed E-state index contributed by atoms with van der Waals surface area (Å²) in [6.07, 6.45) is 5.25. The number of methoxy groups -OCH3 is 1. The van der Waals surface area contributed by atoms with Crippen LogP contribution in [-0.4, -0.2) is 70.3 Å². The summed E-state index contributed by atoms with van der Waals surface area (Å²) in [5, 5.41) is 0.906. The number of sulfone groups is 1. The van der Waals surface area contributed by atoms with Crippen molar-refractivity contribution in [1.82, 2.24) is 24.0 Å². The Hall–Kier alpha value is -4.29. The first-order valence-corrected chi connectivity index (χ1v) is 17.5. The number of fused-ring (bicyclic) bond motifs is 4. The van der Waals surface area contributed by atoms with Crippen LogP contribution in [0.15, 0.2) is 53.4 Å². The normalized spacial score (nSPS) is 21.2. The molecule has 1 aliphatic heterocycles. The molecule has 2 aliphatic carbocycles. The summed E-state index contributed by atoms with van der Waals surface area (Å²) < 4.78 is 48.7. The number of halogens is 1. The van der Waals surface area contributed by atoms with E-state index >= 15 is 0 Å². The minimum absolute atomic E-state index is 0.0319. The minimum Gasteiger partial charge on any atom is -0.494 e. The second kappa shape index (κ2) is 10.4. The second-order valence-electron chi connectivity index (χ2n) is 13.1. The van der Waals surface area contributed by atoms with Crippen LogP contribution in [0.4, 0.5) is 4.39 Å². The maximum Gasteiger partial charge on any atom is 0.254 e. The van der Waals surface area contributed by atoms with Crippen molar-refractivity contribution in [2.24, 2.45) is 24.6 Å². The third kappa shape index (κ3) is 4.60. The maximum atomic E-state index is 14.8. The molecule has 4 heterocycles. The number of carbonyl (C=O) groups excluding carboxylic acids is 1. The lowest BCUT2D eigenvalue weighted by Gasteiger charge is -2.27. The number of carbonyl (C=O) groups is 1. The van der Waals surface area contributed by atoms with E-state index in [1.165, 1.54) is 12.1 Å². The van der Waals surface area contributed by atoms with E-state index in [2.05, 4.69) is 10.6 Å². The van der Waals surface area contributed by atoms with E-state index in [4.69, 9.17) is 20.4 Å². The van der Waals surface area contributed by atoms with Crippen molar-refractivity contribution < 1.29 is 22.3 Å². The fraction of sp³-hybridized carbons (Fsp3) is 0.382. The van der Waals surface area contributed by atoms with Crippen molar-refractivity contribution >= 4 is 37.8 Å². The summed E-state index contributed by atoms with van der Waals surface area (Å²) in [4.78, 5) is 25.3. The summed E-state index contributed by atoms with van der Waals surface area (Å²) in [7, 11) is -0.145. The number of hydrogen-bond donors (Lipinski definition) is 1. The first-order chi connectivity index (χ1) is 22.0. The van der Waals surface area contributed by atoms with E-state index in [0.29, 0.717) is 52.3 Å². The zero-order valence-electron chi connectivity index (χ0n) is 25.9. The first kappa shape index (κ1) is 29.1. The molecule has 2 bridgehead atoms. The van der Waals surface area contributed by atoms with Crippen molar-refractivity contribution in [2.75, 3.05) is 19.9 Å². The Morgan fingerprint density at radius 3 is 2.52 bits per heavy atom. The quantitative estimate of drug-likeness (QED) is 0.271. The lowest BCUT2D eigenvalue weighted by atomic mass is 10.1. The number of piperidine rings is 1. The van der Waals surface area contributed by atoms with E-state index in [-0.39, 0.29) is 22.9 Å². The lowest BCUT2D eigenvalue weighted by Crippen LogP contribution is -2.41. The average Bonchev–Trinajstić information content (AvgIpc) is 3.43. The van der Waals surface area contributed by atoms with Gasteiger partial charge in [-0.05, 0) is 80.0 Å². The predicted molar refractivity (Wildman–Crippen MR) is 173 cm³/mol. The molecule has 8 rings (SSSR count). The van der Waals surface area contributed by atoms with E-state index in [9.17, 15) is 17.6 Å². The van der Waals surface area contributed by atoms with Gasteiger partial charge in [-0.15, -0.1) is 0 Å². The molecule has 0 radical (unpaired) electrons. The van der Waals surface area contributed by atoms with Gasteiger partial charge in [-0.3, -0.25) is 4.79 Å². The highest BCUT2D eigenvalue weighted by molar-refractivity contribution is 7.90. The molecule has 12 heteroatoms. The molecule has 1 amide bonds. The lowest BCUT2D eigenvalue weighted by molar-refractivity contribution is 0.0700. The molecule has 10 nitrogen and oxygen atoms in total. The Morgan fingerprint density at radius 1 is 1.07 bits per heavy atom. The monoisotopic (exact) mass is 642 g/mol. The van der Waals surface area contributed by atoms with Crippen LogP contribution in [0.25, 0.3) is 44.8 Å². The van der Waals surface area contributed by atoms with Gasteiger partial charge in [-0.25, -0.2) is 22.8 Å². The number of benzene rings is 2. The van der Waals surface area contributed by atoms with Crippen LogP contribution < -0.4 is 10.5 Å². The summed E-state index contributed by atoms with van der Waals surface area (Å²) in [5.41, 5.74) is 11.0. The Bertz CT molecular complexity index is 2190. The highest BCUT2D eigenvalue weighted by atomic mass is 32.2. The number of nitrogens with two attached hydrogens (primary N) is 1. The van der Waals surface area contributed by atoms with E-state index in [1.54, 1.807) is 19.2 Å². The third-order valence-corrected chi connectivity index (χ3v) is 11.2. The Morgan fingerprint density at radius 2 is 1.87 bits per heavy atom. The molecule has 2 unspecified atom stereocenters. The number of rotatable bonds is 7. The Kier molecular flexibility index (Phi) is 6.56. The van der Waals surface area contributed by atoms with Crippen molar-refractivity contribution in [3.8, 4) is 28.5 Å². The molecule has 238 valence electrons. The molecule has 0 spiro atoms. The van der Waals surface area contributed by atoms with Gasteiger partial charge in [-0.1, -0.05) is 6.07 Å². The van der Waals surface area contributed by atoms with Gasteiger partial charge in [-0.2, -0.15) is 0 Å². The number of pyridine rings is 1. The van der Waals surface area contributed by atoms with Crippen LogP contribution in [0.3, 0.4) is 0 Å². The highest BCUT2D eigenvalue weighted by Gasteiger charge is 2.47. The summed E-state index contributed by atoms with van der Waals surface area (Å²) in [6, 6.07) is 13.7. The molecule has 3 fully saturated rings. The smallest absolute Gasteiger partial charge is 0.254 e. The topological polar surface area (TPSA) is 125 Å². The van der Waals surface area contributed by atoms with Gasteiger partial charge in [0.15, 0.2) is 15.7 Å². The molecule has 2 saturated carbocycles. The Labute approximate surface area is 265 Å². The van der Waals surface area contributed by atoms with Crippen molar-refractivity contribution in [1.29, 1.82) is 0 Å². The molecule has 3 atom stereocenters. The van der Waals surface area contributed by atoms with Gasteiger partial charge in [0.25, 0.3) is 5.91 Å². The fourth-order valence-corrected chi connectivity index (χ4v) is 8.17. The number of imidazole rings is 1. The molecular formula is C34H35FN6O4S. The highest BCUT2D eigenvalue weighted by Crippen LogP contribution is 2.40. The van der Waals surface area contributed by atoms with E-state index in [0.717, 1.165) is 60.7 Å². The molecule has 3 aliphatic rings. The largest absolute Gasteiger partial charge is 0.494 e. The van der Waals surface area contributed by atoms with Crippen molar-refractivity contribution in [3.63, 3.8) is 0 Å². The molecule has 1 saturated heterocycles. The summed E-state index contributed by atoms with van der Waals surface area (Å²) >= 11 is 0. The molecule has 2 N–H and O–H groups in total. The van der Waals surface area contributed by atoms with E-state index < -0.39 is 15.7 Å². The molecule has 2 aromatic carbocycles. The molecule has 3 aromatic heterocycles. The number of ether oxygens (including phenoxy) is 1. The standard InChI is InChI=1S/C34H35FN6O4S/c1-39-31-25(13-22(15-28(31)45-2)34(42)41-17-21-7-10-26(41)30(21)36)38-33(39)27-14-20-6-9-24(37-32(20)40(27)16-18-4-5-18)19-8-11-29(23(35)12-19)46(3,43)44/h6,8-9,11-15,18,21,26,30H,4-5,7,10,16-17,36H2,1-3H3/t21?,26?,30-/m1/s1. The fourth-order valence-electron chi connectivity index (χ4n) is 7.44. The number of aromatic nitrogens is 4. The number of likely N-dealkylation sites (tertiary alicyclic amines) is 1. The van der Waals surface area contributed by atoms with Crippen LogP contribution in [0.1, 0.15) is 36.0 Å². The zero-order valence-corrected chi connectivity index (χ0v) is 26.7. The molecule has 46 heavy (non-hydrogen) atoms. The first-order valence-electron chi connectivity index (χ1n) is 15.6. The summed E-state index contributed by atoms with van der Waals surface area (Å²) in [5.74, 6) is 1.30. The number of nitrogens with zero attached hydrogens (tertiary/aromatic N) is 5. The zero-order chi connectivity index (χ0) is 32.1. The Balaban J connectivity index is 1.23. The van der Waals surface area contributed by atoms with Crippen LogP contribution in [-0.2, 0) is 23.4 Å². The molecule has 5 aromatic rings. The second-order valence-corrected chi connectivity index (χ2v) is 15.1. The van der Waals surface area contributed by atoms with Crippen molar-refractivity contribution in [2.45, 2.75) is 49.2 Å². The molecular weight excluding hydrogens is 607 g/mol. The van der Waals surface area contributed by atoms with Crippen LogP contribution in [0.2, 0.25) is 0 Å². The van der Waals surface area contributed by atoms with Crippen LogP contribution in [0.5, 0.6) is 5.75 Å². The van der Waals surface area contributed by atoms with Gasteiger partial charge >= 0.3 is 0 Å². The van der Waals surface area contributed by atoms with Crippen LogP contribution in [0, 0.1) is 17.7 Å². The van der Waals surface area contributed by atoms with Gasteiger partial charge in [0.1, 0.15) is 27.6 Å². The van der Waals surface area contributed by atoms with Crippen molar-refractivity contribution in [3.05, 3.63) is 59.9 Å². The van der Waals surface area contributed by atoms with Gasteiger partial charge < -0.3 is 24.5 Å². The van der Waals surface area contributed by atoms with E-state index in [1.807, 2.05) is 34.7 Å². The summed E-state index contributed by atoms with van der Waals surface area (Å²) in [6.45, 7) is 1.43. The van der Waals surface area contributed by atoms with Crippen LogP contribution >= 0.6 is 0 Å². The number of aryl methyl sites for hydroxylation is 1. The number of hydrogen-bond acceptors (Lipinski definition) is 7. The minimum atomic E-state index is -3.69. The predicted octanol–water partition coefficient (Wildman–Crippen LogP) is 4.78. The maximum absolute atomic E-state index is 14.8. The van der Waals surface area contributed by atoms with Gasteiger partial charge in [0.05, 0.1) is 24.0 Å². The SMILES string of the molecule is COc1cc(C(=O)N2CC3CCC2[C@@H]3N)cc2nc(-c3cc4ccc(-c5ccc(S(C)(=O)=O)c(F)c5)nc4n3CC3CC3)n(C)c12.